The van der Waals surface area contributed by atoms with Gasteiger partial charge < -0.3 is 5.73 Å². The van der Waals surface area contributed by atoms with Gasteiger partial charge >= 0.3 is 0 Å². The van der Waals surface area contributed by atoms with Gasteiger partial charge in [-0.25, -0.2) is 0 Å². The van der Waals surface area contributed by atoms with Gasteiger partial charge in [-0.2, -0.15) is 0 Å². The average molecular weight is 137 g/mol. The third-order valence-electron chi connectivity index (χ3n) is 0.995. The van der Waals surface area contributed by atoms with Crippen molar-refractivity contribution in [3.05, 3.63) is 36.5 Å². The van der Waals surface area contributed by atoms with Crippen LogP contribution in [0.2, 0.25) is 0 Å². The Morgan fingerprint density at radius 2 is 1.80 bits per heavy atom. The zero-order valence-corrected chi connectivity index (χ0v) is 6.46. The lowest BCUT2D eigenvalue weighted by Gasteiger charge is -1.79. The molecule has 0 bridgehead atoms. The highest BCUT2D eigenvalue weighted by Gasteiger charge is 1.67. The Morgan fingerprint density at radius 1 is 1.10 bits per heavy atom. The summed E-state index contributed by atoms with van der Waals surface area (Å²) in [4.78, 5) is 0. The molecule has 10 heavy (non-hydrogen) atoms. The van der Waals surface area contributed by atoms with Crippen LogP contribution < -0.4 is 5.73 Å². The molecule has 56 valence electrons. The van der Waals surface area contributed by atoms with E-state index in [4.69, 9.17) is 5.73 Å². The van der Waals surface area contributed by atoms with Crippen molar-refractivity contribution >= 4 is 0 Å². The van der Waals surface area contributed by atoms with Crippen molar-refractivity contribution in [2.45, 2.75) is 13.3 Å². The van der Waals surface area contributed by atoms with E-state index in [2.05, 4.69) is 6.08 Å². The highest BCUT2D eigenvalue weighted by molar-refractivity contribution is 5.10. The van der Waals surface area contributed by atoms with Crippen LogP contribution in [0.25, 0.3) is 0 Å². The summed E-state index contributed by atoms with van der Waals surface area (Å²) in [5, 5.41) is 0. The number of hydrogen-bond donors (Lipinski definition) is 1. The molecule has 0 atom stereocenters. The van der Waals surface area contributed by atoms with Gasteiger partial charge in [0.2, 0.25) is 0 Å². The van der Waals surface area contributed by atoms with E-state index in [9.17, 15) is 0 Å². The minimum Gasteiger partial charge on any atom is -0.330 e. The van der Waals surface area contributed by atoms with Crippen LogP contribution in [0.15, 0.2) is 36.5 Å². The molecule has 0 spiro atoms. The van der Waals surface area contributed by atoms with Gasteiger partial charge in [0.25, 0.3) is 0 Å². The first-order valence-electron chi connectivity index (χ1n) is 3.56. The molecule has 0 saturated carbocycles. The van der Waals surface area contributed by atoms with Gasteiger partial charge in [0.1, 0.15) is 0 Å². The summed E-state index contributed by atoms with van der Waals surface area (Å²) >= 11 is 0. The van der Waals surface area contributed by atoms with Crippen LogP contribution in [0.4, 0.5) is 0 Å². The summed E-state index contributed by atoms with van der Waals surface area (Å²) in [5.74, 6) is 0. The molecule has 1 heteroatoms. The Bertz CT molecular complexity index is 132. The molecular weight excluding hydrogens is 122 g/mol. The second-order valence-electron chi connectivity index (χ2n) is 1.92. The summed E-state index contributed by atoms with van der Waals surface area (Å²) in [6, 6.07) is 0. The van der Waals surface area contributed by atoms with Crippen LogP contribution in [0.3, 0.4) is 0 Å². The molecular formula is C9H15N. The molecule has 0 aromatic rings. The Morgan fingerprint density at radius 3 is 2.40 bits per heavy atom. The smallest absolute Gasteiger partial charge is 0.00425 e. The number of allylic oxidation sites excluding steroid dienone is 5. The fourth-order valence-corrected chi connectivity index (χ4v) is 0.510. The molecule has 0 radical (unpaired) electrons. The van der Waals surface area contributed by atoms with Crippen molar-refractivity contribution in [1.29, 1.82) is 0 Å². The van der Waals surface area contributed by atoms with Gasteiger partial charge in [-0.15, -0.1) is 0 Å². The van der Waals surface area contributed by atoms with Gasteiger partial charge in [-0.3, -0.25) is 0 Å². The molecule has 0 aromatic heterocycles. The van der Waals surface area contributed by atoms with E-state index in [0.717, 1.165) is 13.0 Å². The highest BCUT2D eigenvalue weighted by atomic mass is 14.5. The lowest BCUT2D eigenvalue weighted by molar-refractivity contribution is 1.01. The van der Waals surface area contributed by atoms with Crippen LogP contribution in [-0.2, 0) is 0 Å². The van der Waals surface area contributed by atoms with Crippen molar-refractivity contribution in [3.8, 4) is 0 Å². The summed E-state index contributed by atoms with van der Waals surface area (Å²) in [6.45, 7) is 2.72. The summed E-state index contributed by atoms with van der Waals surface area (Å²) in [7, 11) is 0. The zero-order valence-electron chi connectivity index (χ0n) is 6.46. The predicted molar refractivity (Wildman–Crippen MR) is 46.8 cm³/mol. The second kappa shape index (κ2) is 8.18. The third kappa shape index (κ3) is 7.18. The lowest BCUT2D eigenvalue weighted by atomic mass is 10.3. The van der Waals surface area contributed by atoms with E-state index in [1.807, 2.05) is 37.3 Å². The van der Waals surface area contributed by atoms with Gasteiger partial charge in [-0.05, 0) is 19.9 Å². The predicted octanol–water partition coefficient (Wildman–Crippen LogP) is 2.02. The number of nitrogens with two attached hydrogens (primary N) is 1. The van der Waals surface area contributed by atoms with Gasteiger partial charge in [-0.1, -0.05) is 36.5 Å². The quantitative estimate of drug-likeness (QED) is 0.589. The molecule has 0 aromatic carbocycles. The van der Waals surface area contributed by atoms with Crippen LogP contribution in [-0.4, -0.2) is 6.54 Å². The fraction of sp³-hybridized carbons (Fsp3) is 0.333. The lowest BCUT2D eigenvalue weighted by Crippen LogP contribution is -1.94. The van der Waals surface area contributed by atoms with Crippen LogP contribution in [0.5, 0.6) is 0 Å². The van der Waals surface area contributed by atoms with Crippen LogP contribution >= 0.6 is 0 Å². The van der Waals surface area contributed by atoms with Crippen molar-refractivity contribution in [3.63, 3.8) is 0 Å². The largest absolute Gasteiger partial charge is 0.330 e. The first-order chi connectivity index (χ1) is 4.91. The molecule has 0 aliphatic rings. The monoisotopic (exact) mass is 137 g/mol. The maximum atomic E-state index is 5.28. The first kappa shape index (κ1) is 9.18. The maximum absolute atomic E-state index is 5.28. The van der Waals surface area contributed by atoms with Gasteiger partial charge in [0.15, 0.2) is 0 Å². The SMILES string of the molecule is C/C=C/C=C\C=C/CCN. The molecule has 0 unspecified atom stereocenters. The minimum atomic E-state index is 0.730. The Balaban J connectivity index is 3.32. The number of hydrogen-bond acceptors (Lipinski definition) is 1. The fourth-order valence-electron chi connectivity index (χ4n) is 0.510. The normalized spacial score (nSPS) is 12.6. The van der Waals surface area contributed by atoms with Crippen molar-refractivity contribution < 1.29 is 0 Å². The van der Waals surface area contributed by atoms with Crippen LogP contribution in [0.1, 0.15) is 13.3 Å². The van der Waals surface area contributed by atoms with E-state index >= 15 is 0 Å². The number of rotatable bonds is 4. The highest BCUT2D eigenvalue weighted by Crippen LogP contribution is 1.82. The minimum absolute atomic E-state index is 0.730. The molecule has 0 aliphatic heterocycles. The van der Waals surface area contributed by atoms with Crippen molar-refractivity contribution in [2.75, 3.05) is 6.54 Å². The third-order valence-corrected chi connectivity index (χ3v) is 0.995. The first-order valence-corrected chi connectivity index (χ1v) is 3.56. The zero-order chi connectivity index (χ0) is 7.66. The molecule has 0 saturated heterocycles. The van der Waals surface area contributed by atoms with Gasteiger partial charge in [0.05, 0.1) is 0 Å². The van der Waals surface area contributed by atoms with Crippen molar-refractivity contribution in [2.24, 2.45) is 5.73 Å². The topological polar surface area (TPSA) is 26.0 Å². The summed E-state index contributed by atoms with van der Waals surface area (Å²) in [6.07, 6.45) is 13.0. The van der Waals surface area contributed by atoms with E-state index in [-0.39, 0.29) is 0 Å². The van der Waals surface area contributed by atoms with Gasteiger partial charge in [0, 0.05) is 0 Å². The van der Waals surface area contributed by atoms with Crippen molar-refractivity contribution in [1.82, 2.24) is 0 Å². The van der Waals surface area contributed by atoms with E-state index < -0.39 is 0 Å². The van der Waals surface area contributed by atoms with Crippen LogP contribution in [0, 0.1) is 0 Å². The average Bonchev–Trinajstić information content (AvgIpc) is 1.97. The Hall–Kier alpha value is -0.820. The molecule has 2 N–H and O–H groups in total. The Kier molecular flexibility index (Phi) is 7.51. The summed E-state index contributed by atoms with van der Waals surface area (Å²) in [5.41, 5.74) is 5.28. The molecule has 0 heterocycles. The maximum Gasteiger partial charge on any atom is -0.00425 e. The molecule has 0 fully saturated rings. The second-order valence-corrected chi connectivity index (χ2v) is 1.92. The molecule has 1 nitrogen and oxygen atoms in total. The molecule has 0 aliphatic carbocycles. The molecule has 0 amide bonds. The molecule has 0 rings (SSSR count). The van der Waals surface area contributed by atoms with E-state index in [1.165, 1.54) is 0 Å². The summed E-state index contributed by atoms with van der Waals surface area (Å²) < 4.78 is 0. The van der Waals surface area contributed by atoms with E-state index in [0.29, 0.717) is 0 Å². The standard InChI is InChI=1S/C9H15N/c1-2-3-4-5-6-7-8-9-10/h2-7H,8-10H2,1H3/b3-2+,5-4-,7-6-. The van der Waals surface area contributed by atoms with E-state index in [1.54, 1.807) is 0 Å². The Labute approximate surface area is 62.9 Å².